The molecule has 10 N–H and O–H groups in total. The molecule has 0 atom stereocenters. The highest BCUT2D eigenvalue weighted by molar-refractivity contribution is 8.76. The summed E-state index contributed by atoms with van der Waals surface area (Å²) in [5.74, 6) is 1.65. The van der Waals surface area contributed by atoms with Crippen LogP contribution in [0, 0.1) is 0 Å². The fraction of sp³-hybridized carbons (Fsp3) is 0.667. The minimum atomic E-state index is -0.517. The van der Waals surface area contributed by atoms with E-state index in [4.69, 9.17) is 83.7 Å². The predicted molar refractivity (Wildman–Crippen MR) is 298 cm³/mol. The monoisotopic (exact) mass is 1170 g/mol. The normalized spacial score (nSPS) is 11.1. The topological polar surface area (TPSA) is 337 Å². The Balaban J connectivity index is 0.00000115. The molecule has 24 nitrogen and oxygen atoms in total. The molecule has 27 heteroatoms. The van der Waals surface area contributed by atoms with Crippen LogP contribution in [0.1, 0.15) is 81.6 Å². The summed E-state index contributed by atoms with van der Waals surface area (Å²) in [5.41, 5.74) is 7.44. The van der Waals surface area contributed by atoms with Gasteiger partial charge in [-0.2, -0.15) is 0 Å². The number of aliphatic hydroxyl groups is 6. The molecular weight excluding hydrogens is 1080 g/mol. The number of amides is 2. The summed E-state index contributed by atoms with van der Waals surface area (Å²) in [5, 5.41) is 60.1. The van der Waals surface area contributed by atoms with Crippen LogP contribution in [-0.4, -0.2) is 193 Å². The van der Waals surface area contributed by atoms with E-state index < -0.39 is 11.7 Å². The van der Waals surface area contributed by atoms with Crippen LogP contribution in [0.3, 0.4) is 0 Å². The maximum absolute atomic E-state index is 11.8. The molecule has 3 aromatic heterocycles. The van der Waals surface area contributed by atoms with Gasteiger partial charge >= 0.3 is 6.09 Å². The summed E-state index contributed by atoms with van der Waals surface area (Å²) < 4.78 is 53.8. The van der Waals surface area contributed by atoms with Crippen molar-refractivity contribution in [2.75, 3.05) is 125 Å². The fourth-order valence-electron chi connectivity index (χ4n) is 5.87. The zero-order valence-electron chi connectivity index (χ0n) is 46.1. The third-order valence-corrected chi connectivity index (χ3v) is 12.0. The first-order chi connectivity index (χ1) is 37.0. The lowest BCUT2D eigenvalue weighted by Gasteiger charge is -2.21. The number of hydrogen-bond donors (Lipinski definition) is 9. The summed E-state index contributed by atoms with van der Waals surface area (Å²) >= 11 is 0. The molecule has 78 heavy (non-hydrogen) atoms. The van der Waals surface area contributed by atoms with Crippen LogP contribution >= 0.6 is 34.0 Å². The van der Waals surface area contributed by atoms with Crippen LogP contribution in [0.25, 0.3) is 0 Å². The van der Waals surface area contributed by atoms with Gasteiger partial charge in [-0.25, -0.2) is 4.79 Å². The number of nitrogens with one attached hydrogen (secondary N) is 2. The number of halogens is 1. The van der Waals surface area contributed by atoms with E-state index in [2.05, 4.69) is 39.4 Å². The molecule has 3 heterocycles. The first kappa shape index (κ1) is 74.1. The largest absolute Gasteiger partial charge is 0.491 e. The smallest absolute Gasteiger partial charge is 0.407 e. The molecule has 0 spiro atoms. The zero-order chi connectivity index (χ0) is 57.0. The highest BCUT2D eigenvalue weighted by Crippen LogP contribution is 2.37. The second-order valence-corrected chi connectivity index (χ2v) is 20.7. The van der Waals surface area contributed by atoms with Crippen molar-refractivity contribution in [2.45, 2.75) is 97.4 Å². The van der Waals surface area contributed by atoms with Crippen LogP contribution < -0.4 is 30.6 Å². The molecule has 0 aliphatic rings. The number of rotatable bonds is 40. The Kier molecular flexibility index (Phi) is 44.4. The van der Waals surface area contributed by atoms with Gasteiger partial charge in [0.05, 0.1) is 153 Å². The van der Waals surface area contributed by atoms with Crippen LogP contribution in [0.4, 0.5) is 4.79 Å². The molecule has 0 unspecified atom stereocenters. The fourth-order valence-corrected chi connectivity index (χ4v) is 8.11. The van der Waals surface area contributed by atoms with Gasteiger partial charge in [0, 0.05) is 67.2 Å². The number of carbonyl (C=O) groups is 2. The van der Waals surface area contributed by atoms with Crippen molar-refractivity contribution in [1.29, 1.82) is 0 Å². The molecule has 0 aliphatic carbocycles. The zero-order valence-corrected chi connectivity index (χ0v) is 48.5. The van der Waals surface area contributed by atoms with Crippen molar-refractivity contribution >= 4 is 46.0 Å². The molecule has 3 rings (SSSR count). The third-order valence-electron chi connectivity index (χ3n) is 9.30. The van der Waals surface area contributed by atoms with Gasteiger partial charge in [0.1, 0.15) is 42.7 Å². The first-order valence-corrected chi connectivity index (χ1v) is 27.7. The number of pyridine rings is 3. The van der Waals surface area contributed by atoms with Gasteiger partial charge in [-0.1, -0.05) is 21.6 Å². The standard InChI is InChI=1S/C20H34N2O6S2.C18H30N2O7.C13H22N2O5.ClH/c1-20(2,30-29-3)5-4-19(25)21-6-7-26-8-9-27-10-11-28-18-12-16(14-23)22-17(13-18)15-24;1-18(2,3)27-17(23)19-4-5-24-6-7-25-8-9-26-16-10-14(12-21)20-15(11-16)13-22;14-1-2-18-3-4-19-5-6-20-13-7-11(9-16)15-12(8-13)10-17;/h12-13,23-24H,4-11,14-15H2,1-3H3,(H,21,25);10-11,21-22H,4-9,12-13H2,1-3H3,(H,19,23);7-8,16-17H,1-6,9-10,14H2;1H. The van der Waals surface area contributed by atoms with Crippen LogP contribution in [-0.2, 0) is 77.6 Å². The van der Waals surface area contributed by atoms with Crippen LogP contribution in [0.2, 0.25) is 0 Å². The molecule has 448 valence electrons. The molecule has 2 amide bonds. The van der Waals surface area contributed by atoms with Crippen molar-refractivity contribution < 1.29 is 87.6 Å². The summed E-state index contributed by atoms with van der Waals surface area (Å²) in [4.78, 5) is 35.3. The van der Waals surface area contributed by atoms with Gasteiger partial charge in [0.2, 0.25) is 5.91 Å². The number of aliphatic hydroxyl groups excluding tert-OH is 6. The van der Waals surface area contributed by atoms with Crippen molar-refractivity contribution in [3.8, 4) is 17.2 Å². The highest BCUT2D eigenvalue weighted by Gasteiger charge is 2.20. The molecule has 3 aromatic rings. The number of carbonyl (C=O) groups excluding carboxylic acids is 2. The van der Waals surface area contributed by atoms with E-state index in [0.29, 0.717) is 177 Å². The molecule has 0 fully saturated rings. The van der Waals surface area contributed by atoms with Gasteiger partial charge < -0.3 is 94.4 Å². The van der Waals surface area contributed by atoms with Gasteiger partial charge in [0.25, 0.3) is 0 Å². The predicted octanol–water partition coefficient (Wildman–Crippen LogP) is 3.03. The minimum absolute atomic E-state index is 0. The number of aromatic nitrogens is 3. The Morgan fingerprint density at radius 3 is 1.12 bits per heavy atom. The molecule has 0 radical (unpaired) electrons. The second-order valence-electron chi connectivity index (χ2n) is 17.6. The lowest BCUT2D eigenvalue weighted by molar-refractivity contribution is -0.121. The third kappa shape index (κ3) is 40.3. The number of hydrogen-bond acceptors (Lipinski definition) is 24. The second kappa shape index (κ2) is 46.8. The van der Waals surface area contributed by atoms with Gasteiger partial charge in [-0.05, 0) is 47.3 Å². The highest BCUT2D eigenvalue weighted by atomic mass is 35.5. The average molecular weight is 1170 g/mol. The maximum Gasteiger partial charge on any atom is 0.407 e. The Bertz CT molecular complexity index is 1930. The lowest BCUT2D eigenvalue weighted by atomic mass is 10.1. The quantitative estimate of drug-likeness (QED) is 0.0292. The molecule has 0 aromatic carbocycles. The van der Waals surface area contributed by atoms with Crippen molar-refractivity contribution in [1.82, 2.24) is 25.6 Å². The Labute approximate surface area is 473 Å². The van der Waals surface area contributed by atoms with E-state index in [1.807, 2.05) is 6.26 Å². The van der Waals surface area contributed by atoms with Crippen molar-refractivity contribution in [3.05, 3.63) is 70.6 Å². The van der Waals surface area contributed by atoms with E-state index in [1.165, 1.54) is 0 Å². The summed E-state index contributed by atoms with van der Waals surface area (Å²) in [6.07, 6.45) is 2.93. The average Bonchev–Trinajstić information content (AvgIpc) is 3.41. The number of nitrogens with two attached hydrogens (primary N) is 1. The summed E-state index contributed by atoms with van der Waals surface area (Å²) in [6.45, 7) is 16.0. The Hall–Kier alpha value is -3.94. The Morgan fingerprint density at radius 2 is 0.808 bits per heavy atom. The summed E-state index contributed by atoms with van der Waals surface area (Å²) in [7, 11) is 3.51. The van der Waals surface area contributed by atoms with E-state index in [-0.39, 0.29) is 62.7 Å². The van der Waals surface area contributed by atoms with E-state index >= 15 is 0 Å². The van der Waals surface area contributed by atoms with Crippen LogP contribution in [0.15, 0.2) is 36.4 Å². The van der Waals surface area contributed by atoms with Gasteiger partial charge in [0.15, 0.2) is 0 Å². The first-order valence-electron chi connectivity index (χ1n) is 25.2. The van der Waals surface area contributed by atoms with Gasteiger partial charge in [-0.3, -0.25) is 19.7 Å². The lowest BCUT2D eigenvalue weighted by Crippen LogP contribution is -2.34. The van der Waals surface area contributed by atoms with E-state index in [9.17, 15) is 9.59 Å². The summed E-state index contributed by atoms with van der Waals surface area (Å²) in [6, 6.07) is 9.73. The van der Waals surface area contributed by atoms with Crippen LogP contribution in [0.5, 0.6) is 17.2 Å². The molecule has 0 saturated heterocycles. The SMILES string of the molecule is CC(C)(C)OC(=O)NCCOCCOCCOc1cc(CO)nc(CO)c1.CSSC(C)(C)CCC(=O)NCCOCCOCCOc1cc(CO)nc(CO)c1.Cl.NCCOCCOCCOc1cc(CO)nc(CO)c1. The molecular formula is C51H87ClN6O18S2. The molecule has 0 saturated carbocycles. The number of alkyl carbamates (subject to hydrolysis) is 1. The minimum Gasteiger partial charge on any atom is -0.491 e. The number of nitrogens with zero attached hydrogens (tertiary/aromatic N) is 3. The Morgan fingerprint density at radius 1 is 0.500 bits per heavy atom. The number of ether oxygens (including phenoxy) is 10. The maximum atomic E-state index is 11.8. The van der Waals surface area contributed by atoms with Gasteiger partial charge in [-0.15, -0.1) is 12.4 Å². The van der Waals surface area contributed by atoms with E-state index in [1.54, 1.807) is 78.8 Å². The van der Waals surface area contributed by atoms with Crippen molar-refractivity contribution in [3.63, 3.8) is 0 Å². The molecule has 0 bridgehead atoms. The molecule has 0 aliphatic heterocycles. The van der Waals surface area contributed by atoms with E-state index in [0.717, 1.165) is 6.42 Å². The van der Waals surface area contributed by atoms with Crippen molar-refractivity contribution in [2.24, 2.45) is 5.73 Å².